The van der Waals surface area contributed by atoms with E-state index >= 15 is 0 Å². The fourth-order valence-corrected chi connectivity index (χ4v) is 7.20. The fraction of sp³-hybridized carbons (Fsp3) is 0.292. The molecule has 1 atom stereocenters. The van der Waals surface area contributed by atoms with Crippen LogP contribution in [-0.4, -0.2) is 31.1 Å². The standard InChI is InChI=1S/C24H22ClF2NO4S2/c25-22-12-13-23(33-22)34(30,31)28-14-2-5-20(28)21(29)11-10-16-6-8-17(9-7-16)15-32-24-18(26)3-1-4-19(24)27/h1,3-4,6-9,12-13,20H,2,5,10-11,14-15H2/t20-/m0/s1. The van der Waals surface area contributed by atoms with E-state index in [1.54, 1.807) is 12.1 Å². The summed E-state index contributed by atoms with van der Waals surface area (Å²) < 4.78 is 60.3. The zero-order chi connectivity index (χ0) is 24.3. The highest BCUT2D eigenvalue weighted by Crippen LogP contribution is 2.33. The second kappa shape index (κ2) is 10.5. The van der Waals surface area contributed by atoms with Crippen molar-refractivity contribution in [2.24, 2.45) is 0 Å². The Bertz CT molecular complexity index is 1260. The Kier molecular flexibility index (Phi) is 7.67. The van der Waals surface area contributed by atoms with Gasteiger partial charge in [0.15, 0.2) is 23.2 Å². The number of para-hydroxylation sites is 1. The molecule has 0 radical (unpaired) electrons. The van der Waals surface area contributed by atoms with Crippen molar-refractivity contribution in [3.05, 3.63) is 81.7 Å². The summed E-state index contributed by atoms with van der Waals surface area (Å²) in [4.78, 5) is 12.9. The zero-order valence-electron chi connectivity index (χ0n) is 18.0. The Morgan fingerprint density at radius 3 is 2.38 bits per heavy atom. The number of thiophene rings is 1. The molecule has 10 heteroatoms. The Morgan fingerprint density at radius 2 is 1.74 bits per heavy atom. The van der Waals surface area contributed by atoms with Gasteiger partial charge in [0.05, 0.1) is 10.4 Å². The molecule has 1 aromatic heterocycles. The van der Waals surface area contributed by atoms with E-state index < -0.39 is 33.4 Å². The van der Waals surface area contributed by atoms with E-state index in [0.717, 1.165) is 34.6 Å². The second-order valence-corrected chi connectivity index (χ2v) is 11.8. The van der Waals surface area contributed by atoms with Gasteiger partial charge in [-0.15, -0.1) is 11.3 Å². The van der Waals surface area contributed by atoms with E-state index in [1.165, 1.54) is 22.5 Å². The molecule has 4 rings (SSSR count). The first-order chi connectivity index (χ1) is 16.3. The topological polar surface area (TPSA) is 63.7 Å². The average Bonchev–Trinajstić information content (AvgIpc) is 3.48. The van der Waals surface area contributed by atoms with Crippen LogP contribution in [0.3, 0.4) is 0 Å². The number of benzene rings is 2. The summed E-state index contributed by atoms with van der Waals surface area (Å²) in [6.07, 6.45) is 1.79. The summed E-state index contributed by atoms with van der Waals surface area (Å²) in [6.45, 7) is 0.310. The van der Waals surface area contributed by atoms with Gasteiger partial charge in [0.2, 0.25) is 0 Å². The van der Waals surface area contributed by atoms with Crippen molar-refractivity contribution in [2.45, 2.75) is 42.5 Å². The number of Topliss-reactive ketones (excluding diaryl/α,β-unsaturated/α-hetero) is 1. The lowest BCUT2D eigenvalue weighted by Gasteiger charge is -2.22. The van der Waals surface area contributed by atoms with Gasteiger partial charge in [0, 0.05) is 13.0 Å². The minimum Gasteiger partial charge on any atom is -0.483 e. The van der Waals surface area contributed by atoms with Crippen LogP contribution in [0.5, 0.6) is 5.75 Å². The molecule has 0 N–H and O–H groups in total. The number of ketones is 1. The summed E-state index contributed by atoms with van der Waals surface area (Å²) in [5.74, 6) is -2.07. The lowest BCUT2D eigenvalue weighted by Crippen LogP contribution is -2.40. The molecule has 0 bridgehead atoms. The van der Waals surface area contributed by atoms with Crippen molar-refractivity contribution in [2.75, 3.05) is 6.54 Å². The highest BCUT2D eigenvalue weighted by molar-refractivity contribution is 7.91. The number of aryl methyl sites for hydroxylation is 1. The quantitative estimate of drug-likeness (QED) is 0.364. The van der Waals surface area contributed by atoms with Crippen LogP contribution in [-0.2, 0) is 27.8 Å². The first-order valence-electron chi connectivity index (χ1n) is 10.7. The predicted molar refractivity (Wildman–Crippen MR) is 127 cm³/mol. The third-order valence-corrected chi connectivity index (χ3v) is 9.28. The van der Waals surface area contributed by atoms with Gasteiger partial charge in [0.1, 0.15) is 10.8 Å². The first kappa shape index (κ1) is 24.8. The minimum atomic E-state index is -3.76. The Hall–Kier alpha value is -2.33. The molecule has 34 heavy (non-hydrogen) atoms. The molecule has 0 unspecified atom stereocenters. The van der Waals surface area contributed by atoms with E-state index in [1.807, 2.05) is 12.1 Å². The van der Waals surface area contributed by atoms with Gasteiger partial charge in [-0.05, 0) is 54.7 Å². The maximum atomic E-state index is 13.7. The van der Waals surface area contributed by atoms with Crippen molar-refractivity contribution in [1.82, 2.24) is 4.31 Å². The molecule has 180 valence electrons. The van der Waals surface area contributed by atoms with Crippen molar-refractivity contribution >= 4 is 38.7 Å². The largest absolute Gasteiger partial charge is 0.483 e. The van der Waals surface area contributed by atoms with Gasteiger partial charge < -0.3 is 4.74 Å². The van der Waals surface area contributed by atoms with Crippen molar-refractivity contribution in [3.8, 4) is 5.75 Å². The second-order valence-electron chi connectivity index (χ2n) is 7.95. The smallest absolute Gasteiger partial charge is 0.253 e. The van der Waals surface area contributed by atoms with Gasteiger partial charge in [-0.3, -0.25) is 4.79 Å². The zero-order valence-corrected chi connectivity index (χ0v) is 20.4. The number of hydrogen-bond donors (Lipinski definition) is 0. The van der Waals surface area contributed by atoms with Crippen molar-refractivity contribution in [1.29, 1.82) is 0 Å². The highest BCUT2D eigenvalue weighted by atomic mass is 35.5. The molecule has 0 aliphatic carbocycles. The molecule has 0 saturated carbocycles. The normalized spacial score (nSPS) is 16.6. The number of carbonyl (C=O) groups is 1. The average molecular weight is 526 g/mol. The summed E-state index contributed by atoms with van der Waals surface area (Å²) in [5.41, 5.74) is 1.62. The molecule has 2 aromatic carbocycles. The number of carbonyl (C=O) groups excluding carboxylic acids is 1. The van der Waals surface area contributed by atoms with Crippen LogP contribution >= 0.6 is 22.9 Å². The lowest BCUT2D eigenvalue weighted by molar-refractivity contribution is -0.122. The highest BCUT2D eigenvalue weighted by Gasteiger charge is 2.39. The molecule has 1 aliphatic rings. The maximum absolute atomic E-state index is 13.7. The van der Waals surface area contributed by atoms with Crippen LogP contribution in [0.1, 0.15) is 30.4 Å². The minimum absolute atomic E-state index is 0.00130. The third kappa shape index (κ3) is 5.49. The van der Waals surface area contributed by atoms with Crippen molar-refractivity contribution < 1.29 is 26.7 Å². The van der Waals surface area contributed by atoms with Gasteiger partial charge in [0.25, 0.3) is 10.0 Å². The van der Waals surface area contributed by atoms with Gasteiger partial charge in [-0.2, -0.15) is 4.31 Å². The maximum Gasteiger partial charge on any atom is 0.253 e. The molecular formula is C24H22ClF2NO4S2. The van der Waals surface area contributed by atoms with Crippen LogP contribution in [0, 0.1) is 11.6 Å². The fourth-order valence-electron chi connectivity index (χ4n) is 3.91. The SMILES string of the molecule is O=C(CCc1ccc(COc2c(F)cccc2F)cc1)[C@@H]1CCCN1S(=O)(=O)c1ccc(Cl)s1. The molecule has 2 heterocycles. The van der Waals surface area contributed by atoms with Crippen molar-refractivity contribution in [3.63, 3.8) is 0 Å². The molecule has 1 saturated heterocycles. The van der Waals surface area contributed by atoms with E-state index in [2.05, 4.69) is 0 Å². The molecule has 5 nitrogen and oxygen atoms in total. The first-order valence-corrected chi connectivity index (χ1v) is 13.3. The third-order valence-electron chi connectivity index (χ3n) is 5.67. The molecule has 1 fully saturated rings. The van der Waals surface area contributed by atoms with E-state index in [4.69, 9.17) is 16.3 Å². The lowest BCUT2D eigenvalue weighted by atomic mass is 10.0. The molecule has 0 amide bonds. The molecule has 1 aliphatic heterocycles. The molecule has 0 spiro atoms. The number of hydrogen-bond acceptors (Lipinski definition) is 5. The molecular weight excluding hydrogens is 504 g/mol. The van der Waals surface area contributed by atoms with Gasteiger partial charge in [-0.25, -0.2) is 17.2 Å². The monoisotopic (exact) mass is 525 g/mol. The Morgan fingerprint density at radius 1 is 1.06 bits per heavy atom. The predicted octanol–water partition coefficient (Wildman–Crippen LogP) is 5.61. The summed E-state index contributed by atoms with van der Waals surface area (Å²) >= 11 is 6.88. The number of rotatable bonds is 9. The number of ether oxygens (including phenoxy) is 1. The Balaban J connectivity index is 1.33. The van der Waals surface area contributed by atoms with Crippen LogP contribution in [0.4, 0.5) is 8.78 Å². The van der Waals surface area contributed by atoms with Crippen LogP contribution in [0.2, 0.25) is 4.34 Å². The van der Waals surface area contributed by atoms with E-state index in [9.17, 15) is 22.0 Å². The van der Waals surface area contributed by atoms with Gasteiger partial charge >= 0.3 is 0 Å². The molecule has 3 aromatic rings. The van der Waals surface area contributed by atoms with Crippen LogP contribution in [0.25, 0.3) is 0 Å². The number of sulfonamides is 1. The van der Waals surface area contributed by atoms with Crippen LogP contribution < -0.4 is 4.74 Å². The summed E-state index contributed by atoms with van der Waals surface area (Å²) in [7, 11) is -3.76. The van der Waals surface area contributed by atoms with Gasteiger partial charge in [-0.1, -0.05) is 41.9 Å². The number of halogens is 3. The van der Waals surface area contributed by atoms with E-state index in [-0.39, 0.29) is 23.0 Å². The number of nitrogens with zero attached hydrogens (tertiary/aromatic N) is 1. The summed E-state index contributed by atoms with van der Waals surface area (Å²) in [6, 6.07) is 13.0. The van der Waals surface area contributed by atoms with E-state index in [0.29, 0.717) is 30.1 Å². The summed E-state index contributed by atoms with van der Waals surface area (Å²) in [5, 5.41) is 0. The Labute approximate surface area is 206 Å². The van der Waals surface area contributed by atoms with Crippen LogP contribution in [0.15, 0.2) is 58.8 Å².